The van der Waals surface area contributed by atoms with Crippen molar-refractivity contribution < 1.29 is 18.7 Å². The summed E-state index contributed by atoms with van der Waals surface area (Å²) in [6, 6.07) is 6.72. The Kier molecular flexibility index (Phi) is 6.06. The summed E-state index contributed by atoms with van der Waals surface area (Å²) in [6.07, 6.45) is 3.30. The zero-order chi connectivity index (χ0) is 17.1. The van der Waals surface area contributed by atoms with Gasteiger partial charge in [0.2, 0.25) is 0 Å². The maximum Gasteiger partial charge on any atom is 0.258 e. The van der Waals surface area contributed by atoms with E-state index in [1.807, 2.05) is 0 Å². The largest absolute Gasteiger partial charge is 0.497 e. The van der Waals surface area contributed by atoms with Gasteiger partial charge >= 0.3 is 0 Å². The van der Waals surface area contributed by atoms with Crippen molar-refractivity contribution in [1.29, 1.82) is 0 Å². The Balaban J connectivity index is 0.00000225. The van der Waals surface area contributed by atoms with Crippen molar-refractivity contribution in [2.45, 2.75) is 25.4 Å². The normalized spacial score (nSPS) is 12.9. The smallest absolute Gasteiger partial charge is 0.258 e. The van der Waals surface area contributed by atoms with Gasteiger partial charge in [-0.3, -0.25) is 9.59 Å². The zero-order valence-corrected chi connectivity index (χ0v) is 14.5. The number of nitrogens with one attached hydrogen (secondary N) is 2. The van der Waals surface area contributed by atoms with Gasteiger partial charge in [-0.2, -0.15) is 0 Å². The molecule has 0 spiro atoms. The molecule has 25 heavy (non-hydrogen) atoms. The van der Waals surface area contributed by atoms with Crippen LogP contribution >= 0.6 is 12.4 Å². The van der Waals surface area contributed by atoms with Gasteiger partial charge in [0, 0.05) is 6.04 Å². The van der Waals surface area contributed by atoms with Gasteiger partial charge < -0.3 is 25.5 Å². The van der Waals surface area contributed by atoms with Crippen molar-refractivity contribution in [2.75, 3.05) is 12.4 Å². The molecule has 0 unspecified atom stereocenters. The van der Waals surface area contributed by atoms with E-state index in [2.05, 4.69) is 10.6 Å². The third-order valence-electron chi connectivity index (χ3n) is 3.75. The van der Waals surface area contributed by atoms with Gasteiger partial charge in [0.15, 0.2) is 0 Å². The molecule has 1 fully saturated rings. The van der Waals surface area contributed by atoms with Crippen LogP contribution in [0, 0.1) is 0 Å². The molecule has 4 N–H and O–H groups in total. The van der Waals surface area contributed by atoms with Crippen LogP contribution in [-0.2, 0) is 6.54 Å². The first-order valence-electron chi connectivity index (χ1n) is 7.68. The molecule has 1 aliphatic rings. The van der Waals surface area contributed by atoms with Gasteiger partial charge in [-0.05, 0) is 37.1 Å². The second-order valence-corrected chi connectivity index (χ2v) is 5.62. The lowest BCUT2D eigenvalue weighted by atomic mass is 10.1. The number of rotatable bonds is 6. The number of carbonyl (C=O) groups is 2. The highest BCUT2D eigenvalue weighted by molar-refractivity contribution is 6.09. The molecule has 2 aromatic rings. The van der Waals surface area contributed by atoms with E-state index in [4.69, 9.17) is 14.9 Å². The van der Waals surface area contributed by atoms with Crippen LogP contribution in [0.15, 0.2) is 34.9 Å². The molecule has 1 heterocycles. The predicted molar refractivity (Wildman–Crippen MR) is 95.3 cm³/mol. The van der Waals surface area contributed by atoms with Crippen LogP contribution in [0.3, 0.4) is 0 Å². The monoisotopic (exact) mass is 365 g/mol. The molecule has 1 aliphatic carbocycles. The molecular formula is C17H20ClN3O4. The van der Waals surface area contributed by atoms with E-state index in [-0.39, 0.29) is 36.8 Å². The molecule has 8 heteroatoms. The number of ether oxygens (including phenoxy) is 1. The highest BCUT2D eigenvalue weighted by atomic mass is 35.5. The van der Waals surface area contributed by atoms with Crippen LogP contribution in [0.1, 0.15) is 39.3 Å². The van der Waals surface area contributed by atoms with Gasteiger partial charge in [-0.15, -0.1) is 12.4 Å². The molecule has 1 aromatic carbocycles. The maximum absolute atomic E-state index is 12.4. The minimum atomic E-state index is -0.371. The van der Waals surface area contributed by atoms with Gasteiger partial charge in [0.05, 0.1) is 30.5 Å². The molecule has 3 rings (SSSR count). The first kappa shape index (κ1) is 18.8. The Morgan fingerprint density at radius 3 is 2.64 bits per heavy atom. The molecule has 0 aliphatic heterocycles. The lowest BCUT2D eigenvalue weighted by Crippen LogP contribution is -2.27. The topological polar surface area (TPSA) is 107 Å². The minimum Gasteiger partial charge on any atom is -0.497 e. The Morgan fingerprint density at radius 2 is 2.04 bits per heavy atom. The van der Waals surface area contributed by atoms with Crippen molar-refractivity contribution in [3.05, 3.63) is 47.4 Å². The number of hydrogen-bond acceptors (Lipinski definition) is 5. The van der Waals surface area contributed by atoms with E-state index in [1.54, 1.807) is 24.3 Å². The summed E-state index contributed by atoms with van der Waals surface area (Å²) in [5, 5.41) is 5.64. The van der Waals surface area contributed by atoms with E-state index >= 15 is 0 Å². The van der Waals surface area contributed by atoms with Crippen molar-refractivity contribution in [3.63, 3.8) is 0 Å². The number of hydrogen-bond donors (Lipinski definition) is 3. The average molecular weight is 366 g/mol. The van der Waals surface area contributed by atoms with Crippen molar-refractivity contribution in [3.8, 4) is 5.75 Å². The Morgan fingerprint density at radius 1 is 1.28 bits per heavy atom. The molecule has 0 atom stereocenters. The summed E-state index contributed by atoms with van der Waals surface area (Å²) in [5.74, 6) is 0.454. The number of nitrogens with two attached hydrogens (primary N) is 1. The fourth-order valence-corrected chi connectivity index (χ4v) is 2.24. The fraction of sp³-hybridized carbons (Fsp3) is 0.294. The number of anilines is 1. The molecule has 7 nitrogen and oxygen atoms in total. The summed E-state index contributed by atoms with van der Waals surface area (Å²) in [4.78, 5) is 24.7. The lowest BCUT2D eigenvalue weighted by Gasteiger charge is -2.12. The van der Waals surface area contributed by atoms with Gasteiger partial charge in [-0.1, -0.05) is 0 Å². The number of methoxy groups -OCH3 is 1. The minimum absolute atomic E-state index is 0. The van der Waals surface area contributed by atoms with Gasteiger partial charge in [-0.25, -0.2) is 0 Å². The van der Waals surface area contributed by atoms with Crippen molar-refractivity contribution in [1.82, 2.24) is 5.32 Å². The number of benzene rings is 1. The number of amides is 2. The molecule has 2 amide bonds. The highest BCUT2D eigenvalue weighted by Crippen LogP contribution is 2.25. The summed E-state index contributed by atoms with van der Waals surface area (Å²) in [5.41, 5.74) is 6.59. The molecular weight excluding hydrogens is 346 g/mol. The average Bonchev–Trinajstić information content (AvgIpc) is 3.27. The summed E-state index contributed by atoms with van der Waals surface area (Å²) >= 11 is 0. The number of carbonyl (C=O) groups excluding carboxylic acids is 2. The quantitative estimate of drug-likeness (QED) is 0.728. The van der Waals surface area contributed by atoms with Crippen molar-refractivity contribution >= 4 is 29.9 Å². The van der Waals surface area contributed by atoms with Gasteiger partial charge in [0.1, 0.15) is 17.8 Å². The SMILES string of the molecule is COc1ccc(NC(=O)c2coc(CN)c2)c(C(=O)NC2CC2)c1.Cl. The molecule has 1 aromatic heterocycles. The Labute approximate surface area is 151 Å². The number of furan rings is 1. The standard InChI is InChI=1S/C17H19N3O4.ClH/c1-23-12-4-5-15(14(7-12)17(22)19-11-2-3-11)20-16(21)10-6-13(8-18)24-9-10;/h4-7,9,11H,2-3,8,18H2,1H3,(H,19,22)(H,20,21);1H. The molecule has 1 saturated carbocycles. The lowest BCUT2D eigenvalue weighted by molar-refractivity contribution is 0.0951. The second-order valence-electron chi connectivity index (χ2n) is 5.62. The van der Waals surface area contributed by atoms with E-state index in [0.717, 1.165) is 12.8 Å². The zero-order valence-electron chi connectivity index (χ0n) is 13.7. The highest BCUT2D eigenvalue weighted by Gasteiger charge is 2.25. The third kappa shape index (κ3) is 4.52. The van der Waals surface area contributed by atoms with E-state index in [0.29, 0.717) is 28.3 Å². The summed E-state index contributed by atoms with van der Waals surface area (Å²) in [6.45, 7) is 0.213. The van der Waals surface area contributed by atoms with Crippen LogP contribution < -0.4 is 21.1 Å². The molecule has 0 saturated heterocycles. The molecule has 0 bridgehead atoms. The second kappa shape index (κ2) is 8.04. The third-order valence-corrected chi connectivity index (χ3v) is 3.75. The van der Waals surface area contributed by atoms with Crippen LogP contribution in [0.2, 0.25) is 0 Å². The first-order valence-corrected chi connectivity index (χ1v) is 7.68. The van der Waals surface area contributed by atoms with Crippen molar-refractivity contribution in [2.24, 2.45) is 5.73 Å². The summed E-state index contributed by atoms with van der Waals surface area (Å²) in [7, 11) is 1.52. The number of halogens is 1. The van der Waals surface area contributed by atoms with Gasteiger partial charge in [0.25, 0.3) is 11.8 Å². The Bertz CT molecular complexity index is 771. The summed E-state index contributed by atoms with van der Waals surface area (Å²) < 4.78 is 10.3. The first-order chi connectivity index (χ1) is 11.6. The van der Waals surface area contributed by atoms with E-state index < -0.39 is 0 Å². The van der Waals surface area contributed by atoms with Crippen LogP contribution in [0.25, 0.3) is 0 Å². The molecule has 0 radical (unpaired) electrons. The fourth-order valence-electron chi connectivity index (χ4n) is 2.24. The van der Waals surface area contributed by atoms with E-state index in [9.17, 15) is 9.59 Å². The Hall–Kier alpha value is -2.51. The maximum atomic E-state index is 12.4. The van der Waals surface area contributed by atoms with Crippen LogP contribution in [-0.4, -0.2) is 25.0 Å². The van der Waals surface area contributed by atoms with E-state index in [1.165, 1.54) is 13.4 Å². The van der Waals surface area contributed by atoms with Crippen LogP contribution in [0.5, 0.6) is 5.75 Å². The predicted octanol–water partition coefficient (Wildman–Crippen LogP) is 2.31. The molecule has 134 valence electrons. The van der Waals surface area contributed by atoms with Crippen LogP contribution in [0.4, 0.5) is 5.69 Å².